The molecule has 2 N–H and O–H groups in total. The van der Waals surface area contributed by atoms with E-state index in [-0.39, 0.29) is 5.69 Å². The molecule has 0 bridgehead atoms. The maximum Gasteiger partial charge on any atom is 0.471 e. The van der Waals surface area contributed by atoms with Crippen LogP contribution in [0.5, 0.6) is 0 Å². The number of halogens is 6. The van der Waals surface area contributed by atoms with Crippen LogP contribution in [0.2, 0.25) is 0 Å². The third kappa shape index (κ3) is 4.52. The highest BCUT2D eigenvalue weighted by molar-refractivity contribution is 6.04. The average molecular weight is 376 g/mol. The molecule has 0 saturated heterocycles. The van der Waals surface area contributed by atoms with Gasteiger partial charge in [-0.15, -0.1) is 0 Å². The first-order valence-corrected chi connectivity index (χ1v) is 6.98. The molecule has 10 heteroatoms. The predicted octanol–water partition coefficient (Wildman–Crippen LogP) is 3.53. The number of nitrogens with one attached hydrogen (secondary N) is 2. The topological polar surface area (TPSA) is 58.2 Å². The number of hydrogen-bond donors (Lipinski definition) is 2. The van der Waals surface area contributed by atoms with Crippen LogP contribution in [0.3, 0.4) is 0 Å². The number of rotatable bonds is 4. The molecule has 4 nitrogen and oxygen atoms in total. The minimum Gasteiger partial charge on any atom is -0.344 e. The molecule has 0 atom stereocenters. The lowest BCUT2D eigenvalue weighted by Crippen LogP contribution is -2.36. The highest BCUT2D eigenvalue weighted by atomic mass is 19.4. The molecule has 0 aliphatic heterocycles. The molecule has 0 radical (unpaired) electrons. The fourth-order valence-electron chi connectivity index (χ4n) is 1.89. The summed E-state index contributed by atoms with van der Waals surface area (Å²) in [7, 11) is 0. The number of hydrogen-bond acceptors (Lipinski definition) is 2. The van der Waals surface area contributed by atoms with Gasteiger partial charge in [0.05, 0.1) is 5.56 Å². The van der Waals surface area contributed by atoms with Crippen molar-refractivity contribution >= 4 is 17.5 Å². The third-order valence-electron chi connectivity index (χ3n) is 3.20. The van der Waals surface area contributed by atoms with Crippen LogP contribution in [0.1, 0.15) is 15.9 Å². The minimum absolute atomic E-state index is 0.130. The van der Waals surface area contributed by atoms with Crippen LogP contribution < -0.4 is 10.6 Å². The second-order valence-corrected chi connectivity index (χ2v) is 5.05. The van der Waals surface area contributed by atoms with Gasteiger partial charge < -0.3 is 10.6 Å². The van der Waals surface area contributed by atoms with Crippen molar-refractivity contribution in [3.63, 3.8) is 0 Å². The van der Waals surface area contributed by atoms with Gasteiger partial charge in [0.25, 0.3) is 5.91 Å². The molecule has 26 heavy (non-hydrogen) atoms. The van der Waals surface area contributed by atoms with Crippen molar-refractivity contribution in [1.29, 1.82) is 0 Å². The Hall–Kier alpha value is -3.04. The van der Waals surface area contributed by atoms with Crippen molar-refractivity contribution in [3.8, 4) is 0 Å². The Morgan fingerprint density at radius 1 is 0.885 bits per heavy atom. The summed E-state index contributed by atoms with van der Waals surface area (Å²) in [5.74, 6) is -8.00. The fraction of sp³-hybridized carbons (Fsp3) is 0.125. The fourth-order valence-corrected chi connectivity index (χ4v) is 1.89. The van der Waals surface area contributed by atoms with Gasteiger partial charge in [-0.2, -0.15) is 13.2 Å². The molecular formula is C16H10F6N2O2. The first kappa shape index (κ1) is 19.3. The van der Waals surface area contributed by atoms with E-state index >= 15 is 0 Å². The van der Waals surface area contributed by atoms with E-state index in [1.54, 1.807) is 5.32 Å². The minimum atomic E-state index is -5.00. The van der Waals surface area contributed by atoms with E-state index in [2.05, 4.69) is 5.32 Å². The van der Waals surface area contributed by atoms with Gasteiger partial charge in [0.15, 0.2) is 17.5 Å². The van der Waals surface area contributed by atoms with Crippen LogP contribution in [0.4, 0.5) is 32.0 Å². The second-order valence-electron chi connectivity index (χ2n) is 5.05. The van der Waals surface area contributed by atoms with Gasteiger partial charge in [-0.3, -0.25) is 9.59 Å². The number of alkyl halides is 3. The smallest absolute Gasteiger partial charge is 0.344 e. The molecule has 0 aliphatic carbocycles. The van der Waals surface area contributed by atoms with Crippen LogP contribution in [0.25, 0.3) is 0 Å². The molecule has 2 aromatic carbocycles. The monoisotopic (exact) mass is 376 g/mol. The van der Waals surface area contributed by atoms with E-state index in [4.69, 9.17) is 0 Å². The summed E-state index contributed by atoms with van der Waals surface area (Å²) in [5.41, 5.74) is -0.282. The Morgan fingerprint density at radius 2 is 1.50 bits per heavy atom. The Morgan fingerprint density at radius 3 is 2.08 bits per heavy atom. The SMILES string of the molecule is O=C(Nc1ccc(CNC(=O)C(F)(F)F)cc1)c1ccc(F)c(F)c1F. The zero-order valence-electron chi connectivity index (χ0n) is 12.8. The Labute approximate surface area is 142 Å². The molecule has 0 aromatic heterocycles. The van der Waals surface area contributed by atoms with Crippen molar-refractivity contribution < 1.29 is 35.9 Å². The van der Waals surface area contributed by atoms with Crippen molar-refractivity contribution in [2.24, 2.45) is 0 Å². The zero-order valence-corrected chi connectivity index (χ0v) is 12.8. The quantitative estimate of drug-likeness (QED) is 0.634. The molecule has 2 aromatic rings. The predicted molar refractivity (Wildman–Crippen MR) is 78.6 cm³/mol. The van der Waals surface area contributed by atoms with E-state index in [1.165, 1.54) is 24.3 Å². The van der Waals surface area contributed by atoms with E-state index in [1.807, 2.05) is 0 Å². The van der Waals surface area contributed by atoms with Crippen molar-refractivity contribution in [3.05, 3.63) is 65.0 Å². The van der Waals surface area contributed by atoms with Gasteiger partial charge in [0.1, 0.15) is 0 Å². The number of anilines is 1. The zero-order chi connectivity index (χ0) is 19.5. The van der Waals surface area contributed by atoms with E-state index in [9.17, 15) is 35.9 Å². The van der Waals surface area contributed by atoms with Crippen LogP contribution >= 0.6 is 0 Å². The largest absolute Gasteiger partial charge is 0.471 e. The Bertz CT molecular complexity index is 834. The summed E-state index contributed by atoms with van der Waals surface area (Å²) < 4.78 is 75.7. The lowest BCUT2D eigenvalue weighted by molar-refractivity contribution is -0.173. The van der Waals surface area contributed by atoms with Crippen molar-refractivity contribution in [2.75, 3.05) is 5.32 Å². The molecule has 2 rings (SSSR count). The number of carbonyl (C=O) groups excluding carboxylic acids is 2. The average Bonchev–Trinajstić information content (AvgIpc) is 2.58. The summed E-state index contributed by atoms with van der Waals surface area (Å²) in [5, 5.41) is 3.89. The molecule has 2 amide bonds. The van der Waals surface area contributed by atoms with Gasteiger partial charge in [0.2, 0.25) is 0 Å². The molecule has 138 valence electrons. The molecule has 0 spiro atoms. The van der Waals surface area contributed by atoms with Crippen LogP contribution in [-0.2, 0) is 11.3 Å². The van der Waals surface area contributed by atoms with Crippen molar-refractivity contribution in [2.45, 2.75) is 12.7 Å². The number of benzene rings is 2. The Kier molecular flexibility index (Phi) is 5.53. The van der Waals surface area contributed by atoms with Gasteiger partial charge in [0, 0.05) is 12.2 Å². The summed E-state index contributed by atoms with van der Waals surface area (Å²) in [4.78, 5) is 22.6. The van der Waals surface area contributed by atoms with Gasteiger partial charge in [-0.1, -0.05) is 12.1 Å². The number of carbonyl (C=O) groups is 2. The normalized spacial score (nSPS) is 11.2. The maximum atomic E-state index is 13.5. The van der Waals surface area contributed by atoms with Gasteiger partial charge in [-0.25, -0.2) is 13.2 Å². The summed E-state index contributed by atoms with van der Waals surface area (Å²) in [6.45, 7) is -0.398. The van der Waals surface area contributed by atoms with E-state index in [0.29, 0.717) is 11.6 Å². The van der Waals surface area contributed by atoms with Crippen LogP contribution in [-0.4, -0.2) is 18.0 Å². The second kappa shape index (κ2) is 7.46. The van der Waals surface area contributed by atoms with E-state index in [0.717, 1.165) is 6.07 Å². The van der Waals surface area contributed by atoms with Gasteiger partial charge in [-0.05, 0) is 29.8 Å². The van der Waals surface area contributed by atoms with Gasteiger partial charge >= 0.3 is 12.1 Å². The molecule has 0 unspecified atom stereocenters. The maximum absolute atomic E-state index is 13.5. The molecule has 0 heterocycles. The van der Waals surface area contributed by atoms with E-state index < -0.39 is 47.6 Å². The first-order chi connectivity index (χ1) is 12.1. The molecule has 0 aliphatic rings. The lowest BCUT2D eigenvalue weighted by Gasteiger charge is -2.09. The standard InChI is InChI=1S/C16H10F6N2O2/c17-11-6-5-10(12(18)13(11)19)14(25)24-9-3-1-8(2-4-9)7-23-15(26)16(20,21)22/h1-6H,7H2,(H,23,26)(H,24,25). The highest BCUT2D eigenvalue weighted by Crippen LogP contribution is 2.18. The van der Waals surface area contributed by atoms with Crippen molar-refractivity contribution in [1.82, 2.24) is 5.32 Å². The highest BCUT2D eigenvalue weighted by Gasteiger charge is 2.38. The number of amides is 2. The summed E-state index contributed by atoms with van der Waals surface area (Å²) in [6, 6.07) is 6.56. The molecule has 0 fully saturated rings. The molecular weight excluding hydrogens is 366 g/mol. The molecule has 0 saturated carbocycles. The van der Waals surface area contributed by atoms with Crippen LogP contribution in [0.15, 0.2) is 36.4 Å². The lowest BCUT2D eigenvalue weighted by atomic mass is 10.1. The Balaban J connectivity index is 2.02. The first-order valence-electron chi connectivity index (χ1n) is 6.98. The summed E-state index contributed by atoms with van der Waals surface area (Å²) >= 11 is 0. The van der Waals surface area contributed by atoms with Crippen LogP contribution in [0, 0.1) is 17.5 Å². The third-order valence-corrected chi connectivity index (χ3v) is 3.20. The summed E-state index contributed by atoms with van der Waals surface area (Å²) in [6.07, 6.45) is -5.00.